The molecule has 0 N–H and O–H groups in total. The highest BCUT2D eigenvalue weighted by Gasteiger charge is 2.16. The van der Waals surface area contributed by atoms with Crippen molar-refractivity contribution in [1.82, 2.24) is 0 Å². The molecule has 0 heteroatoms. The molecule has 0 radical (unpaired) electrons. The van der Waals surface area contributed by atoms with Crippen LogP contribution in [0.4, 0.5) is 0 Å². The predicted molar refractivity (Wildman–Crippen MR) is 143 cm³/mol. The van der Waals surface area contributed by atoms with Crippen LogP contribution in [0.25, 0.3) is 11.1 Å². The van der Waals surface area contributed by atoms with Crippen LogP contribution in [-0.2, 0) is 0 Å². The lowest BCUT2D eigenvalue weighted by Crippen LogP contribution is -2.02. The highest BCUT2D eigenvalue weighted by atomic mass is 14.2. The van der Waals surface area contributed by atoms with Gasteiger partial charge in [0.05, 0.1) is 0 Å². The fourth-order valence-electron chi connectivity index (χ4n) is 4.47. The number of benzene rings is 1. The molecule has 1 aromatic rings. The third-order valence-corrected chi connectivity index (χ3v) is 7.22. The number of hydrogen-bond acceptors (Lipinski definition) is 0. The van der Waals surface area contributed by atoms with Crippen molar-refractivity contribution in [3.63, 3.8) is 0 Å². The number of rotatable bonds is 8. The van der Waals surface area contributed by atoms with Gasteiger partial charge in [-0.2, -0.15) is 0 Å². The van der Waals surface area contributed by atoms with E-state index in [4.69, 9.17) is 0 Å². The second-order valence-corrected chi connectivity index (χ2v) is 9.99. The maximum Gasteiger partial charge on any atom is -0.00888 e. The zero-order valence-corrected chi connectivity index (χ0v) is 21.2. The largest absolute Gasteiger partial charge is 0.0772 e. The Morgan fingerprint density at radius 1 is 0.719 bits per heavy atom. The highest BCUT2D eigenvalue weighted by Crippen LogP contribution is 2.36. The van der Waals surface area contributed by atoms with E-state index in [0.29, 0.717) is 11.8 Å². The molecule has 2 aliphatic carbocycles. The van der Waals surface area contributed by atoms with Gasteiger partial charge in [0.15, 0.2) is 0 Å². The number of hydrogen-bond donors (Lipinski definition) is 0. The van der Waals surface area contributed by atoms with Crippen molar-refractivity contribution in [2.45, 2.75) is 80.1 Å². The Labute approximate surface area is 197 Å². The van der Waals surface area contributed by atoms with Crippen molar-refractivity contribution in [2.24, 2.45) is 11.8 Å². The van der Waals surface area contributed by atoms with Crippen molar-refractivity contribution < 1.29 is 0 Å². The van der Waals surface area contributed by atoms with E-state index < -0.39 is 0 Å². The lowest BCUT2D eigenvalue weighted by atomic mass is 9.83. The van der Waals surface area contributed by atoms with Gasteiger partial charge in [-0.3, -0.25) is 0 Å². The third kappa shape index (κ3) is 6.35. The Morgan fingerprint density at radius 2 is 1.16 bits per heavy atom. The molecular formula is C32H42. The average molecular weight is 427 g/mol. The highest BCUT2D eigenvalue weighted by molar-refractivity contribution is 5.78. The van der Waals surface area contributed by atoms with Crippen LogP contribution >= 0.6 is 0 Å². The summed E-state index contributed by atoms with van der Waals surface area (Å²) in [6.45, 7) is 13.8. The van der Waals surface area contributed by atoms with E-state index in [0.717, 1.165) is 25.7 Å². The second kappa shape index (κ2) is 11.5. The summed E-state index contributed by atoms with van der Waals surface area (Å²) >= 11 is 0. The SMILES string of the molecule is CCC(C)C/C(=C1/C=CC(C)=CC1)c1cccc(/C(CC(C)CC)=C2\C=CC(C)=CC2)c1. The number of allylic oxidation sites excluding steroid dienone is 12. The summed E-state index contributed by atoms with van der Waals surface area (Å²) in [6.07, 6.45) is 20.8. The molecule has 0 amide bonds. The molecule has 0 nitrogen and oxygen atoms in total. The van der Waals surface area contributed by atoms with Crippen LogP contribution in [0, 0.1) is 11.8 Å². The minimum absolute atomic E-state index is 0.689. The van der Waals surface area contributed by atoms with Gasteiger partial charge < -0.3 is 0 Å². The summed E-state index contributed by atoms with van der Waals surface area (Å²) in [5.41, 5.74) is 11.6. The van der Waals surface area contributed by atoms with Gasteiger partial charge in [0.1, 0.15) is 0 Å². The van der Waals surface area contributed by atoms with Crippen molar-refractivity contribution >= 4 is 11.1 Å². The molecule has 0 heterocycles. The Morgan fingerprint density at radius 3 is 1.50 bits per heavy atom. The standard InChI is InChI=1S/C32H42/c1-7-23(3)20-31(27-16-12-25(5)13-17-27)29-10-9-11-30(22-29)32(21-24(4)8-2)28-18-14-26(6)15-19-28/h9-16,18,22-24H,7-8,17,19-21H2,1-6H3/b31-27+,32-28+. The van der Waals surface area contributed by atoms with E-state index in [9.17, 15) is 0 Å². The van der Waals surface area contributed by atoms with E-state index in [2.05, 4.69) is 102 Å². The molecule has 0 saturated heterocycles. The molecule has 0 aliphatic heterocycles. The molecule has 3 rings (SSSR count). The van der Waals surface area contributed by atoms with Crippen LogP contribution in [0.5, 0.6) is 0 Å². The van der Waals surface area contributed by atoms with E-state index >= 15 is 0 Å². The topological polar surface area (TPSA) is 0 Å². The predicted octanol–water partition coefficient (Wildman–Crippen LogP) is 9.88. The van der Waals surface area contributed by atoms with Gasteiger partial charge in [-0.1, -0.05) is 106 Å². The van der Waals surface area contributed by atoms with E-state index in [-0.39, 0.29) is 0 Å². The van der Waals surface area contributed by atoms with E-state index in [1.807, 2.05) is 0 Å². The Bertz CT molecular complexity index is 909. The zero-order valence-electron chi connectivity index (χ0n) is 21.2. The minimum Gasteiger partial charge on any atom is -0.0772 e. The zero-order chi connectivity index (χ0) is 23.1. The molecule has 32 heavy (non-hydrogen) atoms. The van der Waals surface area contributed by atoms with E-state index in [1.54, 1.807) is 0 Å². The van der Waals surface area contributed by atoms with Crippen molar-refractivity contribution in [1.29, 1.82) is 0 Å². The summed E-state index contributed by atoms with van der Waals surface area (Å²) in [4.78, 5) is 0. The van der Waals surface area contributed by atoms with E-state index in [1.165, 1.54) is 57.4 Å². The molecule has 2 aliphatic rings. The monoisotopic (exact) mass is 426 g/mol. The second-order valence-electron chi connectivity index (χ2n) is 9.99. The van der Waals surface area contributed by atoms with Gasteiger partial charge in [-0.05, 0) is 90.9 Å². The van der Waals surface area contributed by atoms with Crippen LogP contribution in [0.3, 0.4) is 0 Å². The normalized spacial score (nSPS) is 21.1. The van der Waals surface area contributed by atoms with Gasteiger partial charge in [0.25, 0.3) is 0 Å². The van der Waals surface area contributed by atoms with Gasteiger partial charge >= 0.3 is 0 Å². The first kappa shape index (κ1) is 24.3. The van der Waals surface area contributed by atoms with Gasteiger partial charge in [-0.25, -0.2) is 0 Å². The molecular weight excluding hydrogens is 384 g/mol. The summed E-state index contributed by atoms with van der Waals surface area (Å²) in [6, 6.07) is 9.42. The van der Waals surface area contributed by atoms with Crippen molar-refractivity contribution in [3.05, 3.63) is 94.1 Å². The van der Waals surface area contributed by atoms with Gasteiger partial charge in [0, 0.05) is 0 Å². The first-order valence-electron chi connectivity index (χ1n) is 12.7. The van der Waals surface area contributed by atoms with Crippen LogP contribution in [0.1, 0.15) is 91.2 Å². The maximum atomic E-state index is 2.48. The summed E-state index contributed by atoms with van der Waals surface area (Å²) < 4.78 is 0. The quantitative estimate of drug-likeness (QED) is 0.388. The lowest BCUT2D eigenvalue weighted by Gasteiger charge is -2.21. The minimum atomic E-state index is 0.689. The molecule has 0 spiro atoms. The van der Waals surface area contributed by atoms with Crippen molar-refractivity contribution in [3.8, 4) is 0 Å². The van der Waals surface area contributed by atoms with Crippen LogP contribution < -0.4 is 0 Å². The fraction of sp³-hybridized carbons (Fsp3) is 0.438. The Balaban J connectivity index is 2.06. The molecule has 1 aromatic carbocycles. The molecule has 0 saturated carbocycles. The van der Waals surface area contributed by atoms with Crippen molar-refractivity contribution in [2.75, 3.05) is 0 Å². The molecule has 0 aromatic heterocycles. The van der Waals surface area contributed by atoms with Crippen LogP contribution in [0.2, 0.25) is 0 Å². The fourth-order valence-corrected chi connectivity index (χ4v) is 4.47. The van der Waals surface area contributed by atoms with Gasteiger partial charge in [-0.15, -0.1) is 0 Å². The Kier molecular flexibility index (Phi) is 8.74. The summed E-state index contributed by atoms with van der Waals surface area (Å²) in [5, 5.41) is 0. The van der Waals surface area contributed by atoms with Crippen LogP contribution in [0.15, 0.2) is 83.0 Å². The molecule has 170 valence electrons. The molecule has 2 unspecified atom stereocenters. The summed E-state index contributed by atoms with van der Waals surface area (Å²) in [5.74, 6) is 1.38. The lowest BCUT2D eigenvalue weighted by molar-refractivity contribution is 0.577. The van der Waals surface area contributed by atoms with Gasteiger partial charge in [0.2, 0.25) is 0 Å². The Hall–Kier alpha value is -2.34. The molecule has 0 fully saturated rings. The smallest absolute Gasteiger partial charge is 0.00888 e. The average Bonchev–Trinajstić information content (AvgIpc) is 2.82. The summed E-state index contributed by atoms with van der Waals surface area (Å²) in [7, 11) is 0. The van der Waals surface area contributed by atoms with Crippen LogP contribution in [-0.4, -0.2) is 0 Å². The first-order chi connectivity index (χ1) is 15.4. The first-order valence-corrected chi connectivity index (χ1v) is 12.7. The third-order valence-electron chi connectivity index (χ3n) is 7.22. The molecule has 2 atom stereocenters. The molecule has 0 bridgehead atoms. The maximum absolute atomic E-state index is 2.48.